The number of imidazole rings is 1. The smallest absolute Gasteiger partial charge is 0.110 e. The average molecular weight is 270 g/mol. The summed E-state index contributed by atoms with van der Waals surface area (Å²) in [5, 5.41) is 0. The van der Waals surface area contributed by atoms with Crippen molar-refractivity contribution in [3.8, 4) is 0 Å². The number of hydrogen-bond donors (Lipinski definition) is 1. The summed E-state index contributed by atoms with van der Waals surface area (Å²) in [5.74, 6) is 1.66. The van der Waals surface area contributed by atoms with Gasteiger partial charge in [-0.05, 0) is 37.4 Å². The van der Waals surface area contributed by atoms with Gasteiger partial charge in [0.15, 0.2) is 0 Å². The second-order valence-corrected chi connectivity index (χ2v) is 5.56. The van der Waals surface area contributed by atoms with Gasteiger partial charge < -0.3 is 4.98 Å². The van der Waals surface area contributed by atoms with Gasteiger partial charge in [-0.1, -0.05) is 13.0 Å². The van der Waals surface area contributed by atoms with Crippen LogP contribution in [0.5, 0.6) is 0 Å². The molecule has 0 bridgehead atoms. The predicted molar refractivity (Wildman–Crippen MR) is 79.5 cm³/mol. The Morgan fingerprint density at radius 3 is 3.00 bits per heavy atom. The molecule has 3 rings (SSSR count). The molecule has 1 aliphatic rings. The molecule has 1 atom stereocenters. The molecule has 0 amide bonds. The van der Waals surface area contributed by atoms with Crippen molar-refractivity contribution >= 4 is 0 Å². The Bertz CT molecular complexity index is 518. The summed E-state index contributed by atoms with van der Waals surface area (Å²) in [7, 11) is 0. The number of aryl methyl sites for hydroxylation is 1. The van der Waals surface area contributed by atoms with Gasteiger partial charge in [0.25, 0.3) is 0 Å². The van der Waals surface area contributed by atoms with E-state index in [9.17, 15) is 0 Å². The summed E-state index contributed by atoms with van der Waals surface area (Å²) < 4.78 is 0. The summed E-state index contributed by atoms with van der Waals surface area (Å²) in [4.78, 5) is 14.7. The van der Waals surface area contributed by atoms with E-state index in [-0.39, 0.29) is 0 Å². The van der Waals surface area contributed by atoms with Crippen molar-refractivity contribution in [2.45, 2.75) is 38.6 Å². The molecule has 3 heterocycles. The molecule has 0 aromatic carbocycles. The molecule has 1 saturated heterocycles. The number of aromatic nitrogens is 3. The van der Waals surface area contributed by atoms with Crippen LogP contribution in [0, 0.1) is 0 Å². The zero-order valence-electron chi connectivity index (χ0n) is 12.0. The molecule has 1 N–H and O–H groups in total. The Labute approximate surface area is 120 Å². The average Bonchev–Trinajstić information content (AvgIpc) is 3.03. The summed E-state index contributed by atoms with van der Waals surface area (Å²) in [6.07, 6.45) is 9.28. The third-order valence-electron chi connectivity index (χ3n) is 4.09. The predicted octanol–water partition coefficient (Wildman–Crippen LogP) is 2.75. The van der Waals surface area contributed by atoms with E-state index >= 15 is 0 Å². The van der Waals surface area contributed by atoms with Crippen LogP contribution in [0.25, 0.3) is 0 Å². The fourth-order valence-corrected chi connectivity index (χ4v) is 2.91. The second-order valence-electron chi connectivity index (χ2n) is 5.56. The number of pyridine rings is 1. The highest BCUT2D eigenvalue weighted by Crippen LogP contribution is 2.25. The van der Waals surface area contributed by atoms with E-state index < -0.39 is 0 Å². The minimum atomic E-state index is 0.536. The van der Waals surface area contributed by atoms with E-state index in [1.807, 2.05) is 18.6 Å². The van der Waals surface area contributed by atoms with E-state index in [1.54, 1.807) is 0 Å². The monoisotopic (exact) mass is 270 g/mol. The molecular formula is C16H22N4. The SMILES string of the molecule is CCc1ccc(CN2CCC[C@@H](c3ncc[nH]3)C2)nc1. The van der Waals surface area contributed by atoms with Crippen LogP contribution < -0.4 is 0 Å². The number of nitrogens with one attached hydrogen (secondary N) is 1. The van der Waals surface area contributed by atoms with Gasteiger partial charge in [-0.25, -0.2) is 4.98 Å². The molecule has 0 aliphatic carbocycles. The van der Waals surface area contributed by atoms with Gasteiger partial charge in [0, 0.05) is 37.6 Å². The van der Waals surface area contributed by atoms with Gasteiger partial charge >= 0.3 is 0 Å². The van der Waals surface area contributed by atoms with Crippen molar-refractivity contribution in [2.24, 2.45) is 0 Å². The lowest BCUT2D eigenvalue weighted by atomic mass is 9.97. The zero-order chi connectivity index (χ0) is 13.8. The van der Waals surface area contributed by atoms with Crippen molar-refractivity contribution in [1.82, 2.24) is 19.9 Å². The van der Waals surface area contributed by atoms with Gasteiger partial charge in [0.2, 0.25) is 0 Å². The second kappa shape index (κ2) is 6.18. The van der Waals surface area contributed by atoms with E-state index in [1.165, 1.54) is 24.1 Å². The number of piperidine rings is 1. The van der Waals surface area contributed by atoms with Crippen LogP contribution in [0.3, 0.4) is 0 Å². The van der Waals surface area contributed by atoms with E-state index in [0.717, 1.165) is 31.9 Å². The Kier molecular flexibility index (Phi) is 4.11. The lowest BCUT2D eigenvalue weighted by molar-refractivity contribution is 0.195. The van der Waals surface area contributed by atoms with Crippen LogP contribution in [0.2, 0.25) is 0 Å². The van der Waals surface area contributed by atoms with Crippen LogP contribution in [-0.2, 0) is 13.0 Å². The minimum absolute atomic E-state index is 0.536. The lowest BCUT2D eigenvalue weighted by Gasteiger charge is -2.31. The zero-order valence-corrected chi connectivity index (χ0v) is 12.0. The quantitative estimate of drug-likeness (QED) is 0.929. The maximum absolute atomic E-state index is 4.57. The number of nitrogens with zero attached hydrogens (tertiary/aromatic N) is 3. The molecule has 1 fully saturated rings. The topological polar surface area (TPSA) is 44.8 Å². The summed E-state index contributed by atoms with van der Waals surface area (Å²) in [5.41, 5.74) is 2.48. The highest BCUT2D eigenvalue weighted by Gasteiger charge is 2.23. The van der Waals surface area contributed by atoms with Crippen molar-refractivity contribution in [3.63, 3.8) is 0 Å². The maximum Gasteiger partial charge on any atom is 0.110 e. The first-order valence-corrected chi connectivity index (χ1v) is 7.50. The van der Waals surface area contributed by atoms with Gasteiger partial charge in [0.05, 0.1) is 5.69 Å². The summed E-state index contributed by atoms with van der Waals surface area (Å²) in [6, 6.07) is 4.35. The third kappa shape index (κ3) is 3.07. The molecule has 2 aromatic rings. The van der Waals surface area contributed by atoms with Crippen molar-refractivity contribution in [2.75, 3.05) is 13.1 Å². The number of aromatic amines is 1. The summed E-state index contributed by atoms with van der Waals surface area (Å²) >= 11 is 0. The molecule has 20 heavy (non-hydrogen) atoms. The Balaban J connectivity index is 1.62. The van der Waals surface area contributed by atoms with Gasteiger partial charge in [-0.3, -0.25) is 9.88 Å². The van der Waals surface area contributed by atoms with Crippen LogP contribution in [0.1, 0.15) is 42.8 Å². The first-order valence-electron chi connectivity index (χ1n) is 7.50. The highest BCUT2D eigenvalue weighted by molar-refractivity contribution is 5.14. The van der Waals surface area contributed by atoms with Crippen molar-refractivity contribution < 1.29 is 0 Å². The lowest BCUT2D eigenvalue weighted by Crippen LogP contribution is -2.34. The number of hydrogen-bond acceptors (Lipinski definition) is 3. The van der Waals surface area contributed by atoms with E-state index in [4.69, 9.17) is 0 Å². The van der Waals surface area contributed by atoms with Crippen molar-refractivity contribution in [3.05, 3.63) is 47.8 Å². The van der Waals surface area contributed by atoms with E-state index in [2.05, 4.69) is 38.9 Å². The van der Waals surface area contributed by atoms with Gasteiger partial charge in [-0.2, -0.15) is 0 Å². The van der Waals surface area contributed by atoms with Crippen molar-refractivity contribution in [1.29, 1.82) is 0 Å². The summed E-state index contributed by atoms with van der Waals surface area (Å²) in [6.45, 7) is 5.34. The minimum Gasteiger partial charge on any atom is -0.348 e. The van der Waals surface area contributed by atoms with Gasteiger partial charge in [0.1, 0.15) is 5.82 Å². The number of likely N-dealkylation sites (tertiary alicyclic amines) is 1. The molecule has 0 spiro atoms. The fourth-order valence-electron chi connectivity index (χ4n) is 2.91. The van der Waals surface area contributed by atoms with Gasteiger partial charge in [-0.15, -0.1) is 0 Å². The molecule has 0 unspecified atom stereocenters. The third-order valence-corrected chi connectivity index (χ3v) is 4.09. The van der Waals surface area contributed by atoms with Crippen LogP contribution in [0.4, 0.5) is 0 Å². The molecule has 1 aliphatic heterocycles. The standard InChI is InChI=1S/C16H22N4/c1-2-13-5-6-15(19-10-13)12-20-9-3-4-14(11-20)16-17-7-8-18-16/h5-8,10,14H,2-4,9,11-12H2,1H3,(H,17,18)/t14-/m1/s1. The number of rotatable bonds is 4. The normalized spacial score (nSPS) is 20.1. The van der Waals surface area contributed by atoms with Crippen LogP contribution in [0.15, 0.2) is 30.7 Å². The Hall–Kier alpha value is -1.68. The number of H-pyrrole nitrogens is 1. The Morgan fingerprint density at radius 1 is 1.35 bits per heavy atom. The van der Waals surface area contributed by atoms with E-state index in [0.29, 0.717) is 5.92 Å². The molecule has 106 valence electrons. The van der Waals surface area contributed by atoms with Crippen LogP contribution >= 0.6 is 0 Å². The first kappa shape index (κ1) is 13.3. The largest absolute Gasteiger partial charge is 0.348 e. The molecule has 0 saturated carbocycles. The molecule has 4 heteroatoms. The highest BCUT2D eigenvalue weighted by atomic mass is 15.1. The molecule has 0 radical (unpaired) electrons. The first-order chi connectivity index (χ1) is 9.85. The molecular weight excluding hydrogens is 248 g/mol. The molecule has 4 nitrogen and oxygen atoms in total. The molecule has 2 aromatic heterocycles. The Morgan fingerprint density at radius 2 is 2.30 bits per heavy atom. The van der Waals surface area contributed by atoms with Crippen LogP contribution in [-0.4, -0.2) is 32.9 Å². The fraction of sp³-hybridized carbons (Fsp3) is 0.500. The maximum atomic E-state index is 4.57.